The van der Waals surface area contributed by atoms with Gasteiger partial charge in [-0.15, -0.1) is 0 Å². The number of aryl methyl sites for hydroxylation is 1. The average Bonchev–Trinajstić information content (AvgIpc) is 2.97. The summed E-state index contributed by atoms with van der Waals surface area (Å²) in [4.78, 5) is 27.6. The van der Waals surface area contributed by atoms with Crippen LogP contribution in [0.3, 0.4) is 0 Å². The smallest absolute Gasteiger partial charge is 0.274 e. The van der Waals surface area contributed by atoms with E-state index >= 15 is 0 Å². The number of fused-ring (bicyclic) bond motifs is 1. The molecule has 0 aliphatic carbocycles. The molecule has 0 fully saturated rings. The quantitative estimate of drug-likeness (QED) is 0.556. The molecule has 1 N–H and O–H groups in total. The van der Waals surface area contributed by atoms with E-state index in [0.717, 1.165) is 0 Å². The highest BCUT2D eigenvalue weighted by Gasteiger charge is 2.21. The summed E-state index contributed by atoms with van der Waals surface area (Å²) in [6.45, 7) is 1.70. The third kappa shape index (κ3) is 2.90. The van der Waals surface area contributed by atoms with Crippen molar-refractivity contribution in [3.63, 3.8) is 0 Å². The van der Waals surface area contributed by atoms with Crippen LogP contribution in [-0.4, -0.2) is 34.4 Å². The largest absolute Gasteiger partial charge is 0.495 e. The van der Waals surface area contributed by atoms with Crippen molar-refractivity contribution in [2.75, 3.05) is 19.5 Å². The van der Waals surface area contributed by atoms with Crippen molar-refractivity contribution < 1.29 is 19.2 Å². The van der Waals surface area contributed by atoms with E-state index in [1.54, 1.807) is 29.7 Å². The highest BCUT2D eigenvalue weighted by atomic mass is 16.6. The molecule has 0 aliphatic rings. The lowest BCUT2D eigenvalue weighted by atomic mass is 10.2. The van der Waals surface area contributed by atoms with Crippen molar-refractivity contribution in [1.29, 1.82) is 0 Å². The number of carbonyl (C=O) groups excluding carboxylic acids is 1. The zero-order chi connectivity index (χ0) is 18.8. The molecule has 26 heavy (non-hydrogen) atoms. The summed E-state index contributed by atoms with van der Waals surface area (Å²) in [5.74, 6) is 0.373. The Morgan fingerprint density at radius 2 is 1.96 bits per heavy atom. The molecular weight excluding hydrogens is 340 g/mol. The maximum Gasteiger partial charge on any atom is 0.274 e. The fraction of sp³-hybridized carbons (Fsp3) is 0.176. The first-order chi connectivity index (χ1) is 12.5. The Bertz CT molecular complexity index is 1010. The van der Waals surface area contributed by atoms with Gasteiger partial charge in [0, 0.05) is 18.3 Å². The molecule has 0 unspecified atom stereocenters. The molecule has 3 aromatic rings. The lowest BCUT2D eigenvalue weighted by molar-refractivity contribution is -0.384. The number of nitro groups is 1. The Morgan fingerprint density at radius 3 is 2.62 bits per heavy atom. The molecular formula is C17H16N4O5. The Morgan fingerprint density at radius 1 is 1.23 bits per heavy atom. The van der Waals surface area contributed by atoms with E-state index < -0.39 is 10.8 Å². The molecule has 9 heteroatoms. The van der Waals surface area contributed by atoms with Gasteiger partial charge in [0.2, 0.25) is 0 Å². The number of aromatic nitrogens is 2. The first kappa shape index (κ1) is 17.2. The number of amides is 1. The average molecular weight is 356 g/mol. The van der Waals surface area contributed by atoms with E-state index in [9.17, 15) is 14.9 Å². The maximum absolute atomic E-state index is 12.8. The van der Waals surface area contributed by atoms with Crippen LogP contribution in [0.15, 0.2) is 36.5 Å². The zero-order valence-corrected chi connectivity index (χ0v) is 14.3. The van der Waals surface area contributed by atoms with E-state index in [-0.39, 0.29) is 11.4 Å². The summed E-state index contributed by atoms with van der Waals surface area (Å²) >= 11 is 0. The molecule has 0 saturated carbocycles. The number of benzene rings is 1. The van der Waals surface area contributed by atoms with Gasteiger partial charge in [0.05, 0.1) is 30.5 Å². The highest BCUT2D eigenvalue weighted by Crippen LogP contribution is 2.30. The minimum Gasteiger partial charge on any atom is -0.495 e. The number of rotatable bonds is 5. The third-order valence-electron chi connectivity index (χ3n) is 3.87. The fourth-order valence-electron chi connectivity index (χ4n) is 2.68. The SMILES string of the molecule is COc1ccc([N+](=O)[O-])cc1NC(=O)c1c(C)nc2c(OC)cccn12. The topological polar surface area (TPSA) is 108 Å². The van der Waals surface area contributed by atoms with Crippen LogP contribution in [0.4, 0.5) is 11.4 Å². The fourth-order valence-corrected chi connectivity index (χ4v) is 2.68. The van der Waals surface area contributed by atoms with Gasteiger partial charge >= 0.3 is 0 Å². The summed E-state index contributed by atoms with van der Waals surface area (Å²) in [5.41, 5.74) is 1.34. The Hall–Kier alpha value is -3.62. The van der Waals surface area contributed by atoms with Crippen molar-refractivity contribution in [3.05, 3.63) is 58.0 Å². The van der Waals surface area contributed by atoms with Crippen LogP contribution in [0.1, 0.15) is 16.2 Å². The highest BCUT2D eigenvalue weighted by molar-refractivity contribution is 6.05. The number of hydrogen-bond donors (Lipinski definition) is 1. The molecule has 2 aromatic heterocycles. The predicted molar refractivity (Wildman–Crippen MR) is 94.1 cm³/mol. The van der Waals surface area contributed by atoms with Crippen molar-refractivity contribution in [2.24, 2.45) is 0 Å². The van der Waals surface area contributed by atoms with Crippen LogP contribution in [-0.2, 0) is 0 Å². The maximum atomic E-state index is 12.8. The molecule has 2 heterocycles. The lowest BCUT2D eigenvalue weighted by Crippen LogP contribution is -2.16. The normalized spacial score (nSPS) is 10.6. The number of nitrogens with one attached hydrogen (secondary N) is 1. The third-order valence-corrected chi connectivity index (χ3v) is 3.87. The molecule has 1 amide bonds. The van der Waals surface area contributed by atoms with Gasteiger partial charge in [0.1, 0.15) is 11.4 Å². The number of ether oxygens (including phenoxy) is 2. The molecule has 0 bridgehead atoms. The summed E-state index contributed by atoms with van der Waals surface area (Å²) in [6.07, 6.45) is 1.69. The van der Waals surface area contributed by atoms with Crippen molar-refractivity contribution in [1.82, 2.24) is 9.38 Å². The number of nitrogens with zero attached hydrogens (tertiary/aromatic N) is 3. The van der Waals surface area contributed by atoms with Crippen LogP contribution in [0.5, 0.6) is 11.5 Å². The van der Waals surface area contributed by atoms with Crippen LogP contribution in [0.25, 0.3) is 5.65 Å². The van der Waals surface area contributed by atoms with Crippen LogP contribution in [0, 0.1) is 17.0 Å². The minimum atomic E-state index is -0.542. The number of pyridine rings is 1. The number of carbonyl (C=O) groups is 1. The molecule has 0 spiro atoms. The number of non-ortho nitro benzene ring substituents is 1. The second kappa shape index (κ2) is 6.71. The Balaban J connectivity index is 2.04. The molecule has 0 saturated heterocycles. The number of imidazole rings is 1. The van der Waals surface area contributed by atoms with Gasteiger partial charge in [0.15, 0.2) is 11.4 Å². The molecule has 134 valence electrons. The van der Waals surface area contributed by atoms with E-state index in [1.807, 2.05) is 0 Å². The summed E-state index contributed by atoms with van der Waals surface area (Å²) < 4.78 is 12.0. The van der Waals surface area contributed by atoms with E-state index in [4.69, 9.17) is 9.47 Å². The molecule has 0 radical (unpaired) electrons. The zero-order valence-electron chi connectivity index (χ0n) is 14.3. The number of nitro benzene ring substituents is 1. The van der Waals surface area contributed by atoms with Gasteiger partial charge in [0.25, 0.3) is 11.6 Å². The van der Waals surface area contributed by atoms with Crippen molar-refractivity contribution >= 4 is 22.9 Å². The van der Waals surface area contributed by atoms with E-state index in [1.165, 1.54) is 32.4 Å². The second-order valence-corrected chi connectivity index (χ2v) is 5.41. The van der Waals surface area contributed by atoms with E-state index in [2.05, 4.69) is 10.3 Å². The first-order valence-corrected chi connectivity index (χ1v) is 7.61. The van der Waals surface area contributed by atoms with Crippen LogP contribution >= 0.6 is 0 Å². The first-order valence-electron chi connectivity index (χ1n) is 7.61. The van der Waals surface area contributed by atoms with Gasteiger partial charge < -0.3 is 14.8 Å². The summed E-state index contributed by atoms with van der Waals surface area (Å²) in [7, 11) is 2.94. The van der Waals surface area contributed by atoms with E-state index in [0.29, 0.717) is 28.5 Å². The lowest BCUT2D eigenvalue weighted by Gasteiger charge is -2.10. The van der Waals surface area contributed by atoms with Crippen molar-refractivity contribution in [3.8, 4) is 11.5 Å². The monoisotopic (exact) mass is 356 g/mol. The van der Waals surface area contributed by atoms with Gasteiger partial charge in [-0.3, -0.25) is 19.3 Å². The predicted octanol–water partition coefficient (Wildman–Crippen LogP) is 2.82. The van der Waals surface area contributed by atoms with Crippen LogP contribution < -0.4 is 14.8 Å². The molecule has 3 rings (SSSR count). The molecule has 9 nitrogen and oxygen atoms in total. The van der Waals surface area contributed by atoms with Gasteiger partial charge in [-0.2, -0.15) is 0 Å². The second-order valence-electron chi connectivity index (χ2n) is 5.41. The van der Waals surface area contributed by atoms with Gasteiger partial charge in [-0.1, -0.05) is 0 Å². The Kier molecular flexibility index (Phi) is 4.44. The number of methoxy groups -OCH3 is 2. The number of anilines is 1. The minimum absolute atomic E-state index is 0.155. The Labute approximate surface area is 148 Å². The van der Waals surface area contributed by atoms with Gasteiger partial charge in [-0.25, -0.2) is 4.98 Å². The number of hydrogen-bond acceptors (Lipinski definition) is 6. The summed E-state index contributed by atoms with van der Waals surface area (Å²) in [5, 5.41) is 13.7. The van der Waals surface area contributed by atoms with Crippen molar-refractivity contribution in [2.45, 2.75) is 6.92 Å². The standard InChI is InChI=1S/C17H16N4O5/c1-10-15(20-8-4-5-14(26-3)16(20)18-10)17(22)19-12-9-11(21(23)24)6-7-13(12)25-2/h4-9H,1-3H3,(H,19,22). The van der Waals surface area contributed by atoms with Crippen LogP contribution in [0.2, 0.25) is 0 Å². The van der Waals surface area contributed by atoms with Gasteiger partial charge in [-0.05, 0) is 25.1 Å². The molecule has 1 aromatic carbocycles. The molecule has 0 aliphatic heterocycles. The molecule has 0 atom stereocenters. The summed E-state index contributed by atoms with van der Waals surface area (Å²) in [6, 6.07) is 7.46.